The van der Waals surface area contributed by atoms with Gasteiger partial charge in [-0.3, -0.25) is 14.7 Å². The number of alkyl halides is 4. The van der Waals surface area contributed by atoms with Gasteiger partial charge in [0.1, 0.15) is 17.1 Å². The molecular formula is C24H23Br2F3N4O. The lowest BCUT2D eigenvalue weighted by Crippen LogP contribution is -2.49. The minimum atomic E-state index is -4.53. The van der Waals surface area contributed by atoms with Gasteiger partial charge in [-0.15, -0.1) is 0 Å². The lowest BCUT2D eigenvalue weighted by atomic mass is 9.80. The highest BCUT2D eigenvalue weighted by Crippen LogP contribution is 2.43. The van der Waals surface area contributed by atoms with Gasteiger partial charge in [-0.25, -0.2) is 4.98 Å². The molecule has 1 aromatic carbocycles. The molecule has 2 aromatic rings. The zero-order valence-corrected chi connectivity index (χ0v) is 21.4. The molecule has 1 aromatic heterocycles. The van der Waals surface area contributed by atoms with E-state index >= 15 is 0 Å². The number of nitrogens with zero attached hydrogens (tertiary/aromatic N) is 3. The Balaban J connectivity index is 1.71. The maximum absolute atomic E-state index is 14.0. The number of pyridine rings is 1. The molecule has 3 heterocycles. The quantitative estimate of drug-likeness (QED) is 0.443. The monoisotopic (exact) mass is 598 g/mol. The van der Waals surface area contributed by atoms with Crippen molar-refractivity contribution in [1.29, 1.82) is 0 Å². The normalized spacial score (nSPS) is 20.6. The Morgan fingerprint density at radius 3 is 2.50 bits per heavy atom. The largest absolute Gasteiger partial charge is 0.433 e. The third kappa shape index (κ3) is 4.11. The van der Waals surface area contributed by atoms with Crippen LogP contribution in [0.1, 0.15) is 60.5 Å². The number of carbonyl (C=O) groups excluding carboxylic acids is 1. The molecule has 5 nitrogen and oxygen atoms in total. The number of anilines is 1. The van der Waals surface area contributed by atoms with Crippen LogP contribution in [0.4, 0.5) is 18.9 Å². The lowest BCUT2D eigenvalue weighted by molar-refractivity contribution is -0.141. The first-order valence-corrected chi connectivity index (χ1v) is 13.2. The number of halogens is 5. The van der Waals surface area contributed by atoms with Crippen molar-refractivity contribution < 1.29 is 18.0 Å². The summed E-state index contributed by atoms with van der Waals surface area (Å²) in [7, 11) is 0. The second-order valence-corrected chi connectivity index (χ2v) is 10.5. The Hall–Kier alpha value is -1.78. The smallest absolute Gasteiger partial charge is 0.317 e. The van der Waals surface area contributed by atoms with E-state index in [2.05, 4.69) is 42.2 Å². The first-order chi connectivity index (χ1) is 16.2. The molecular weight excluding hydrogens is 577 g/mol. The van der Waals surface area contributed by atoms with Crippen LogP contribution in [-0.4, -0.2) is 35.4 Å². The van der Waals surface area contributed by atoms with Gasteiger partial charge in [0, 0.05) is 21.3 Å². The van der Waals surface area contributed by atoms with Crippen LogP contribution in [-0.2, 0) is 16.3 Å². The lowest BCUT2D eigenvalue weighted by Gasteiger charge is -2.31. The minimum absolute atomic E-state index is 0.0697. The van der Waals surface area contributed by atoms with Crippen LogP contribution in [0.5, 0.6) is 0 Å². The van der Waals surface area contributed by atoms with Gasteiger partial charge in [0.25, 0.3) is 5.91 Å². The maximum atomic E-state index is 14.0. The van der Waals surface area contributed by atoms with Crippen LogP contribution < -0.4 is 10.2 Å². The molecule has 0 unspecified atom stereocenters. The summed E-state index contributed by atoms with van der Waals surface area (Å²) in [6.07, 6.45) is -0.950. The average Bonchev–Trinajstić information content (AvgIpc) is 3.04. The zero-order chi connectivity index (χ0) is 24.1. The van der Waals surface area contributed by atoms with Crippen LogP contribution >= 0.6 is 31.9 Å². The molecule has 1 saturated heterocycles. The van der Waals surface area contributed by atoms with Crippen molar-refractivity contribution in [3.05, 3.63) is 57.3 Å². The number of carbonyl (C=O) groups is 1. The van der Waals surface area contributed by atoms with E-state index in [1.165, 1.54) is 6.07 Å². The summed E-state index contributed by atoms with van der Waals surface area (Å²) in [4.78, 5) is 24.7. The molecule has 5 rings (SSSR count). The van der Waals surface area contributed by atoms with E-state index in [9.17, 15) is 18.0 Å². The van der Waals surface area contributed by atoms with Crippen molar-refractivity contribution in [2.75, 3.05) is 18.0 Å². The molecule has 0 radical (unpaired) electrons. The van der Waals surface area contributed by atoms with Gasteiger partial charge < -0.3 is 5.32 Å². The summed E-state index contributed by atoms with van der Waals surface area (Å²) in [6, 6.07) is 8.14. The van der Waals surface area contributed by atoms with Crippen LogP contribution in [0.2, 0.25) is 0 Å². The molecule has 3 aliphatic rings. The molecule has 34 heavy (non-hydrogen) atoms. The van der Waals surface area contributed by atoms with E-state index in [1.807, 2.05) is 18.2 Å². The topological polar surface area (TPSA) is 57.6 Å². The first kappa shape index (κ1) is 23.9. The Bertz CT molecular complexity index is 1160. The molecule has 10 heteroatoms. The Labute approximate surface area is 212 Å². The maximum Gasteiger partial charge on any atom is 0.433 e. The van der Waals surface area contributed by atoms with Crippen LogP contribution in [0, 0.1) is 0 Å². The van der Waals surface area contributed by atoms with Crippen LogP contribution in [0.3, 0.4) is 0 Å². The van der Waals surface area contributed by atoms with Gasteiger partial charge in [0.2, 0.25) is 0 Å². The predicted octanol–water partition coefficient (Wildman–Crippen LogP) is 5.94. The molecule has 1 spiro atoms. The van der Waals surface area contributed by atoms with E-state index < -0.39 is 17.4 Å². The van der Waals surface area contributed by atoms with Crippen molar-refractivity contribution in [1.82, 2.24) is 10.3 Å². The summed E-state index contributed by atoms with van der Waals surface area (Å²) >= 11 is 7.02. The van der Waals surface area contributed by atoms with E-state index in [4.69, 9.17) is 4.99 Å². The Morgan fingerprint density at radius 1 is 1.15 bits per heavy atom. The summed E-state index contributed by atoms with van der Waals surface area (Å²) in [6.45, 7) is 1.31. The number of amides is 1. The van der Waals surface area contributed by atoms with Crippen molar-refractivity contribution in [3.63, 3.8) is 0 Å². The molecule has 1 N–H and O–H groups in total. The predicted molar refractivity (Wildman–Crippen MR) is 131 cm³/mol. The van der Waals surface area contributed by atoms with Crippen LogP contribution in [0.25, 0.3) is 0 Å². The number of hydrogen-bond acceptors (Lipinski definition) is 4. The second-order valence-electron chi connectivity index (χ2n) is 9.02. The number of aromatic nitrogens is 1. The molecule has 2 aliphatic heterocycles. The average molecular weight is 600 g/mol. The highest BCUT2D eigenvalue weighted by Gasteiger charge is 2.50. The zero-order valence-electron chi connectivity index (χ0n) is 18.3. The number of nitrogens with one attached hydrogen (secondary N) is 1. The molecule has 1 aliphatic carbocycles. The highest BCUT2D eigenvalue weighted by atomic mass is 79.9. The van der Waals surface area contributed by atoms with Crippen LogP contribution in [0.15, 0.2) is 39.8 Å². The molecule has 0 bridgehead atoms. The van der Waals surface area contributed by atoms with Gasteiger partial charge in [-0.05, 0) is 68.6 Å². The summed E-state index contributed by atoms with van der Waals surface area (Å²) < 4.78 is 41.4. The number of amidine groups is 1. The summed E-state index contributed by atoms with van der Waals surface area (Å²) in [5, 5.41) is 3.79. The van der Waals surface area contributed by atoms with E-state index in [0.717, 1.165) is 35.4 Å². The van der Waals surface area contributed by atoms with Crippen molar-refractivity contribution >= 4 is 49.3 Å². The first-order valence-electron chi connectivity index (χ1n) is 11.3. The SMILES string of the molecule is O=C1N(c2cc(Br)ccc2CBr)C(c2ccc(C(F)(F)F)nc2C2CCC2)=NC12CCNCC2. The fourth-order valence-electron chi connectivity index (χ4n) is 4.85. The van der Waals surface area contributed by atoms with Gasteiger partial charge in [0.15, 0.2) is 0 Å². The molecule has 1 amide bonds. The van der Waals surface area contributed by atoms with Gasteiger partial charge in [-0.1, -0.05) is 44.3 Å². The fourth-order valence-corrected chi connectivity index (χ4v) is 5.67. The van der Waals surface area contributed by atoms with E-state index in [1.54, 1.807) is 4.90 Å². The summed E-state index contributed by atoms with van der Waals surface area (Å²) in [5.41, 5.74) is 0.632. The Morgan fingerprint density at radius 2 is 1.88 bits per heavy atom. The Kier molecular flexibility index (Phi) is 6.35. The molecule has 2 fully saturated rings. The van der Waals surface area contributed by atoms with E-state index in [-0.39, 0.29) is 11.8 Å². The third-order valence-corrected chi connectivity index (χ3v) is 8.04. The van der Waals surface area contributed by atoms with Gasteiger partial charge in [0.05, 0.1) is 11.4 Å². The van der Waals surface area contributed by atoms with Crippen molar-refractivity contribution in [2.45, 2.75) is 55.1 Å². The highest BCUT2D eigenvalue weighted by molar-refractivity contribution is 9.10. The molecule has 1 saturated carbocycles. The second kappa shape index (κ2) is 9.02. The molecule has 180 valence electrons. The fraction of sp³-hybridized carbons (Fsp3) is 0.458. The number of aliphatic imine (C=N–C) groups is 1. The van der Waals surface area contributed by atoms with Crippen molar-refractivity contribution in [3.8, 4) is 0 Å². The molecule has 0 atom stereocenters. The number of hydrogen-bond donors (Lipinski definition) is 1. The van der Waals surface area contributed by atoms with E-state index in [0.29, 0.717) is 54.0 Å². The van der Waals surface area contributed by atoms with Gasteiger partial charge >= 0.3 is 6.18 Å². The standard InChI is InChI=1S/C24H23Br2F3N4O/c25-13-15-4-5-16(26)12-18(15)33-21(32-23(22(33)34)8-10-30-11-9-23)17-6-7-19(24(27,28)29)31-20(17)14-2-1-3-14/h4-7,12,14,30H,1-3,8-11,13H2. The number of piperidine rings is 1. The van der Waals surface area contributed by atoms with Gasteiger partial charge in [-0.2, -0.15) is 13.2 Å². The minimum Gasteiger partial charge on any atom is -0.317 e. The van der Waals surface area contributed by atoms with Crippen molar-refractivity contribution in [2.24, 2.45) is 4.99 Å². The third-order valence-electron chi connectivity index (χ3n) is 6.94. The summed E-state index contributed by atoms with van der Waals surface area (Å²) in [5.74, 6) is 0.193. The number of rotatable bonds is 4. The number of benzene rings is 1.